The van der Waals surface area contributed by atoms with E-state index in [-0.39, 0.29) is 17.3 Å². The molecule has 0 bridgehead atoms. The fourth-order valence-electron chi connectivity index (χ4n) is 3.53. The molecule has 2 heterocycles. The quantitative estimate of drug-likeness (QED) is 0.682. The van der Waals surface area contributed by atoms with E-state index in [4.69, 9.17) is 0 Å². The second-order valence-corrected chi connectivity index (χ2v) is 6.63. The Morgan fingerprint density at radius 2 is 1.71 bits per heavy atom. The maximum absolute atomic E-state index is 13.3. The predicted octanol–water partition coefficient (Wildman–Crippen LogP) is 4.15. The standard InChI is InChI=1S/C20H16F3N5/c21-20(22,23)16-8-4-5-9-18(16)28-25-17(12-24)19(26-28)27-11-10-15(13-27)14-6-2-1-3-7-14/h1-9,15H,10-11,13H2/t15-/m1/s1. The molecule has 0 radical (unpaired) electrons. The van der Waals surface area contributed by atoms with Crippen molar-refractivity contribution in [3.05, 3.63) is 71.4 Å². The Morgan fingerprint density at radius 1 is 1.00 bits per heavy atom. The summed E-state index contributed by atoms with van der Waals surface area (Å²) in [5, 5.41) is 17.7. The summed E-state index contributed by atoms with van der Waals surface area (Å²) >= 11 is 0. The SMILES string of the molecule is N#Cc1nn(-c2ccccc2C(F)(F)F)nc1N1CC[C@@H](c2ccccc2)C1. The van der Waals surface area contributed by atoms with Gasteiger partial charge in [-0.05, 0) is 24.1 Å². The van der Waals surface area contributed by atoms with E-state index in [1.54, 1.807) is 0 Å². The van der Waals surface area contributed by atoms with E-state index in [0.29, 0.717) is 18.9 Å². The van der Waals surface area contributed by atoms with Gasteiger partial charge in [0.2, 0.25) is 5.69 Å². The lowest BCUT2D eigenvalue weighted by Gasteiger charge is -2.15. The van der Waals surface area contributed by atoms with Gasteiger partial charge in [-0.25, -0.2) is 0 Å². The molecule has 8 heteroatoms. The lowest BCUT2D eigenvalue weighted by molar-refractivity contribution is -0.137. The first-order chi connectivity index (χ1) is 13.5. The number of hydrogen-bond acceptors (Lipinski definition) is 4. The summed E-state index contributed by atoms with van der Waals surface area (Å²) in [5.41, 5.74) is 0.171. The number of para-hydroxylation sites is 1. The molecule has 1 aliphatic rings. The zero-order valence-corrected chi connectivity index (χ0v) is 14.8. The van der Waals surface area contributed by atoms with Crippen LogP contribution in [0.25, 0.3) is 5.69 Å². The summed E-state index contributed by atoms with van der Waals surface area (Å²) in [6, 6.07) is 17.0. The summed E-state index contributed by atoms with van der Waals surface area (Å²) in [7, 11) is 0. The molecule has 5 nitrogen and oxygen atoms in total. The summed E-state index contributed by atoms with van der Waals surface area (Å²) in [5.74, 6) is 0.596. The number of alkyl halides is 3. The minimum absolute atomic E-state index is 0.0192. The van der Waals surface area contributed by atoms with Gasteiger partial charge in [-0.15, -0.1) is 15.0 Å². The van der Waals surface area contributed by atoms with Crippen molar-refractivity contribution in [1.82, 2.24) is 15.0 Å². The third-order valence-corrected chi connectivity index (χ3v) is 4.89. The molecular weight excluding hydrogens is 367 g/mol. The molecule has 3 aromatic rings. The van der Waals surface area contributed by atoms with Crippen LogP contribution >= 0.6 is 0 Å². The molecular formula is C20H16F3N5. The normalized spacial score (nSPS) is 16.9. The first kappa shape index (κ1) is 18.0. The Bertz CT molecular complexity index is 1020. The van der Waals surface area contributed by atoms with Crippen molar-refractivity contribution in [3.63, 3.8) is 0 Å². The Morgan fingerprint density at radius 3 is 2.43 bits per heavy atom. The second kappa shape index (κ2) is 7.00. The topological polar surface area (TPSA) is 57.7 Å². The summed E-state index contributed by atoms with van der Waals surface area (Å²) < 4.78 is 40.0. The van der Waals surface area contributed by atoms with E-state index in [1.807, 2.05) is 29.2 Å². The number of rotatable bonds is 3. The Labute approximate surface area is 159 Å². The molecule has 4 rings (SSSR count). The monoisotopic (exact) mass is 383 g/mol. The number of nitriles is 1. The van der Waals surface area contributed by atoms with Gasteiger partial charge in [0.25, 0.3) is 0 Å². The molecule has 142 valence electrons. The van der Waals surface area contributed by atoms with Gasteiger partial charge in [-0.2, -0.15) is 18.4 Å². The third kappa shape index (κ3) is 3.31. The van der Waals surface area contributed by atoms with Crippen LogP contribution in [0.3, 0.4) is 0 Å². The molecule has 0 saturated carbocycles. The molecule has 2 aromatic carbocycles. The average Bonchev–Trinajstić information content (AvgIpc) is 3.35. The van der Waals surface area contributed by atoms with Crippen LogP contribution in [0.4, 0.5) is 19.0 Å². The van der Waals surface area contributed by atoms with Gasteiger partial charge < -0.3 is 4.90 Å². The Balaban J connectivity index is 1.67. The van der Waals surface area contributed by atoms with Gasteiger partial charge in [0.15, 0.2) is 5.82 Å². The molecule has 0 N–H and O–H groups in total. The van der Waals surface area contributed by atoms with Crippen LogP contribution in [-0.2, 0) is 6.18 Å². The van der Waals surface area contributed by atoms with Crippen LogP contribution in [0.1, 0.15) is 29.2 Å². The first-order valence-corrected chi connectivity index (χ1v) is 8.81. The van der Waals surface area contributed by atoms with Crippen molar-refractivity contribution in [1.29, 1.82) is 5.26 Å². The fourth-order valence-corrected chi connectivity index (χ4v) is 3.53. The molecule has 0 unspecified atom stereocenters. The van der Waals surface area contributed by atoms with E-state index in [1.165, 1.54) is 23.8 Å². The highest BCUT2D eigenvalue weighted by molar-refractivity contribution is 5.52. The van der Waals surface area contributed by atoms with Crippen LogP contribution in [0, 0.1) is 11.3 Å². The van der Waals surface area contributed by atoms with Gasteiger partial charge in [0, 0.05) is 19.0 Å². The number of benzene rings is 2. The minimum atomic E-state index is -4.54. The van der Waals surface area contributed by atoms with E-state index in [0.717, 1.165) is 17.3 Å². The molecule has 1 aliphatic heterocycles. The summed E-state index contributed by atoms with van der Waals surface area (Å²) in [6.07, 6.45) is -3.66. The largest absolute Gasteiger partial charge is 0.418 e. The van der Waals surface area contributed by atoms with Crippen molar-refractivity contribution in [2.75, 3.05) is 18.0 Å². The molecule has 1 aromatic heterocycles. The Hall–Kier alpha value is -3.34. The molecule has 0 aliphatic carbocycles. The van der Waals surface area contributed by atoms with Crippen LogP contribution < -0.4 is 4.90 Å². The highest BCUT2D eigenvalue weighted by Crippen LogP contribution is 2.35. The van der Waals surface area contributed by atoms with Crippen LogP contribution in [0.2, 0.25) is 0 Å². The lowest BCUT2D eigenvalue weighted by atomic mass is 9.99. The lowest BCUT2D eigenvalue weighted by Crippen LogP contribution is -2.21. The summed E-state index contributed by atoms with van der Waals surface area (Å²) in [4.78, 5) is 2.82. The highest BCUT2D eigenvalue weighted by atomic mass is 19.4. The zero-order valence-electron chi connectivity index (χ0n) is 14.8. The van der Waals surface area contributed by atoms with Crippen LogP contribution in [-0.4, -0.2) is 28.1 Å². The van der Waals surface area contributed by atoms with Crippen molar-refractivity contribution in [2.24, 2.45) is 0 Å². The third-order valence-electron chi connectivity index (χ3n) is 4.89. The van der Waals surface area contributed by atoms with Crippen LogP contribution in [0.5, 0.6) is 0 Å². The maximum Gasteiger partial charge on any atom is 0.418 e. The van der Waals surface area contributed by atoms with Crippen molar-refractivity contribution >= 4 is 5.82 Å². The maximum atomic E-state index is 13.3. The highest BCUT2D eigenvalue weighted by Gasteiger charge is 2.35. The van der Waals surface area contributed by atoms with E-state index in [2.05, 4.69) is 22.3 Å². The molecule has 1 atom stereocenters. The average molecular weight is 383 g/mol. The van der Waals surface area contributed by atoms with Gasteiger partial charge in [0.1, 0.15) is 6.07 Å². The zero-order chi connectivity index (χ0) is 19.7. The number of nitrogens with zero attached hydrogens (tertiary/aromatic N) is 5. The fraction of sp³-hybridized carbons (Fsp3) is 0.250. The molecule has 0 spiro atoms. The smallest absolute Gasteiger partial charge is 0.352 e. The predicted molar refractivity (Wildman–Crippen MR) is 97.1 cm³/mol. The molecule has 1 fully saturated rings. The van der Waals surface area contributed by atoms with Crippen molar-refractivity contribution in [3.8, 4) is 11.8 Å². The number of halogens is 3. The van der Waals surface area contributed by atoms with Crippen molar-refractivity contribution in [2.45, 2.75) is 18.5 Å². The molecule has 28 heavy (non-hydrogen) atoms. The van der Waals surface area contributed by atoms with Gasteiger partial charge in [-0.3, -0.25) is 0 Å². The molecule has 1 saturated heterocycles. The second-order valence-electron chi connectivity index (χ2n) is 6.63. The van der Waals surface area contributed by atoms with Gasteiger partial charge in [0.05, 0.1) is 11.3 Å². The van der Waals surface area contributed by atoms with Gasteiger partial charge in [-0.1, -0.05) is 42.5 Å². The Kier molecular flexibility index (Phi) is 4.51. The van der Waals surface area contributed by atoms with Gasteiger partial charge >= 0.3 is 6.18 Å². The van der Waals surface area contributed by atoms with E-state index >= 15 is 0 Å². The van der Waals surface area contributed by atoms with Crippen molar-refractivity contribution < 1.29 is 13.2 Å². The number of anilines is 1. The first-order valence-electron chi connectivity index (χ1n) is 8.81. The van der Waals surface area contributed by atoms with E-state index in [9.17, 15) is 18.4 Å². The molecule has 0 amide bonds. The number of hydrogen-bond donors (Lipinski definition) is 0. The van der Waals surface area contributed by atoms with Crippen LogP contribution in [0.15, 0.2) is 54.6 Å². The summed E-state index contributed by atoms with van der Waals surface area (Å²) in [6.45, 7) is 1.30. The van der Waals surface area contributed by atoms with E-state index < -0.39 is 11.7 Å². The minimum Gasteiger partial charge on any atom is -0.352 e. The number of aromatic nitrogens is 3.